The third-order valence-electron chi connectivity index (χ3n) is 7.36. The minimum Gasteiger partial charge on any atom is -0.350 e. The Morgan fingerprint density at radius 1 is 1.26 bits per heavy atom. The lowest BCUT2D eigenvalue weighted by atomic mass is 9.77. The van der Waals surface area contributed by atoms with E-state index in [-0.39, 0.29) is 35.9 Å². The first-order valence-corrected chi connectivity index (χ1v) is 12.1. The minimum absolute atomic E-state index is 0.0349. The number of aromatic nitrogens is 4. The van der Waals surface area contributed by atoms with Gasteiger partial charge >= 0.3 is 0 Å². The Balaban J connectivity index is 1.63. The predicted octanol–water partition coefficient (Wildman–Crippen LogP) is 3.53. The number of amides is 2. The van der Waals surface area contributed by atoms with Gasteiger partial charge in [-0.2, -0.15) is 0 Å². The van der Waals surface area contributed by atoms with Crippen LogP contribution in [0.15, 0.2) is 30.9 Å². The van der Waals surface area contributed by atoms with Gasteiger partial charge < -0.3 is 15.5 Å². The molecular formula is C25H35N7O2. The van der Waals surface area contributed by atoms with Crippen molar-refractivity contribution in [2.75, 3.05) is 17.2 Å². The normalized spacial score (nSPS) is 26.5. The van der Waals surface area contributed by atoms with Crippen molar-refractivity contribution < 1.29 is 9.59 Å². The number of anilines is 2. The number of tetrazole rings is 1. The molecule has 1 fully saturated rings. The molecule has 1 aromatic carbocycles. The number of benzene rings is 1. The van der Waals surface area contributed by atoms with Gasteiger partial charge in [0.1, 0.15) is 0 Å². The van der Waals surface area contributed by atoms with E-state index in [4.69, 9.17) is 0 Å². The van der Waals surface area contributed by atoms with Crippen molar-refractivity contribution in [3.05, 3.63) is 42.0 Å². The molecule has 2 N–H and O–H groups in total. The number of aryl methyl sites for hydroxylation is 1. The minimum atomic E-state index is -0.417. The molecule has 0 aliphatic carbocycles. The monoisotopic (exact) mass is 465 g/mol. The van der Waals surface area contributed by atoms with Crippen molar-refractivity contribution in [3.63, 3.8) is 0 Å². The number of nitrogens with one attached hydrogen (secondary N) is 2. The molecule has 2 aliphatic heterocycles. The Morgan fingerprint density at radius 3 is 2.71 bits per heavy atom. The molecule has 4 rings (SSSR count). The average Bonchev–Trinajstić information content (AvgIpc) is 3.25. The molecule has 2 aliphatic rings. The third kappa shape index (κ3) is 4.43. The molecule has 182 valence electrons. The number of rotatable bonds is 5. The van der Waals surface area contributed by atoms with Crippen molar-refractivity contribution in [1.82, 2.24) is 25.1 Å². The van der Waals surface area contributed by atoms with Crippen molar-refractivity contribution in [3.8, 4) is 0 Å². The summed E-state index contributed by atoms with van der Waals surface area (Å²) >= 11 is 0. The van der Waals surface area contributed by atoms with Crippen LogP contribution in [0.4, 0.5) is 11.6 Å². The first kappa shape index (κ1) is 23.9. The zero-order valence-corrected chi connectivity index (χ0v) is 20.7. The van der Waals surface area contributed by atoms with E-state index in [0.717, 1.165) is 24.1 Å². The summed E-state index contributed by atoms with van der Waals surface area (Å²) < 4.78 is 1.73. The Bertz CT molecular complexity index is 1080. The maximum absolute atomic E-state index is 13.7. The highest BCUT2D eigenvalue weighted by atomic mass is 16.2. The number of nitrogens with zero attached hydrogens (tertiary/aromatic N) is 5. The molecule has 1 aromatic heterocycles. The van der Waals surface area contributed by atoms with Crippen molar-refractivity contribution in [2.24, 2.45) is 11.8 Å². The summed E-state index contributed by atoms with van der Waals surface area (Å²) in [6, 6.07) is 5.75. The van der Waals surface area contributed by atoms with Gasteiger partial charge in [0.25, 0.3) is 0 Å². The molecule has 9 nitrogen and oxygen atoms in total. The maximum Gasteiger partial charge on any atom is 0.246 e. The van der Waals surface area contributed by atoms with E-state index in [9.17, 15) is 9.59 Å². The number of hydrogen-bond acceptors (Lipinski definition) is 6. The molecule has 2 aromatic rings. The van der Waals surface area contributed by atoms with Crippen molar-refractivity contribution in [1.29, 1.82) is 0 Å². The SMILES string of the molecule is C=CC(=O)N1CC(C2C(C(=O)Nc3ccc(C(C)C)c(C)c3)C(C)Nc3nnnn32)CCC1C. The highest BCUT2D eigenvalue weighted by Crippen LogP contribution is 2.41. The Morgan fingerprint density at radius 2 is 2.03 bits per heavy atom. The lowest BCUT2D eigenvalue weighted by molar-refractivity contribution is -0.131. The van der Waals surface area contributed by atoms with Crippen LogP contribution in [0.2, 0.25) is 0 Å². The van der Waals surface area contributed by atoms with E-state index >= 15 is 0 Å². The Labute approximate surface area is 201 Å². The van der Waals surface area contributed by atoms with Gasteiger partial charge in [0, 0.05) is 30.2 Å². The second kappa shape index (κ2) is 9.56. The summed E-state index contributed by atoms with van der Waals surface area (Å²) in [4.78, 5) is 28.0. The average molecular weight is 466 g/mol. The van der Waals surface area contributed by atoms with E-state index in [2.05, 4.69) is 66.5 Å². The summed E-state index contributed by atoms with van der Waals surface area (Å²) in [6.07, 6.45) is 3.09. The topological polar surface area (TPSA) is 105 Å². The fraction of sp³-hybridized carbons (Fsp3) is 0.560. The number of carbonyl (C=O) groups is 2. The molecule has 9 heteroatoms. The molecule has 3 heterocycles. The van der Waals surface area contributed by atoms with Crippen LogP contribution in [-0.4, -0.2) is 55.5 Å². The van der Waals surface area contributed by atoms with Gasteiger partial charge in [0.05, 0.1) is 12.0 Å². The number of fused-ring (bicyclic) bond motifs is 1. The highest BCUT2D eigenvalue weighted by molar-refractivity contribution is 5.94. The first-order chi connectivity index (χ1) is 16.2. The fourth-order valence-corrected chi connectivity index (χ4v) is 5.57. The van der Waals surface area contributed by atoms with Gasteiger partial charge in [-0.25, -0.2) is 4.68 Å². The Hall–Kier alpha value is -3.23. The number of piperidine rings is 1. The molecule has 0 spiro atoms. The molecular weight excluding hydrogens is 430 g/mol. The molecule has 34 heavy (non-hydrogen) atoms. The van der Waals surface area contributed by atoms with Crippen molar-refractivity contribution in [2.45, 2.75) is 71.5 Å². The first-order valence-electron chi connectivity index (χ1n) is 12.1. The second-order valence-electron chi connectivity index (χ2n) is 9.99. The van der Waals surface area contributed by atoms with Crippen LogP contribution in [0.3, 0.4) is 0 Å². The lowest BCUT2D eigenvalue weighted by Gasteiger charge is -2.45. The Kier molecular flexibility index (Phi) is 6.72. The zero-order chi connectivity index (χ0) is 24.6. The van der Waals surface area contributed by atoms with Gasteiger partial charge in [-0.3, -0.25) is 9.59 Å². The van der Waals surface area contributed by atoms with Gasteiger partial charge in [0.2, 0.25) is 17.8 Å². The standard InChI is InChI=1S/C25H35N7O2/c1-7-21(33)31-13-18(9-8-16(31)5)23-22(17(6)26-25-28-29-30-32(23)25)24(34)27-19-10-11-20(14(2)3)15(4)12-19/h7,10-12,14,16-18,22-23H,1,8-9,13H2,2-6H3,(H,27,34)(H,26,28,30). The smallest absolute Gasteiger partial charge is 0.246 e. The number of hydrogen-bond donors (Lipinski definition) is 2. The van der Waals surface area contributed by atoms with E-state index in [1.165, 1.54) is 11.6 Å². The summed E-state index contributed by atoms with van der Waals surface area (Å²) in [5.74, 6) is 0.428. The highest BCUT2D eigenvalue weighted by Gasteiger charge is 2.46. The van der Waals surface area contributed by atoms with Gasteiger partial charge in [0.15, 0.2) is 0 Å². The molecule has 5 unspecified atom stereocenters. The van der Waals surface area contributed by atoms with Crippen LogP contribution in [0.25, 0.3) is 0 Å². The molecule has 2 amide bonds. The lowest BCUT2D eigenvalue weighted by Crippen LogP contribution is -2.53. The number of carbonyl (C=O) groups excluding carboxylic acids is 2. The largest absolute Gasteiger partial charge is 0.350 e. The third-order valence-corrected chi connectivity index (χ3v) is 7.36. The summed E-state index contributed by atoms with van der Waals surface area (Å²) in [7, 11) is 0. The summed E-state index contributed by atoms with van der Waals surface area (Å²) in [5, 5.41) is 18.6. The molecule has 0 bridgehead atoms. The molecule has 1 saturated heterocycles. The summed E-state index contributed by atoms with van der Waals surface area (Å²) in [6.45, 7) is 14.6. The van der Waals surface area contributed by atoms with Crippen LogP contribution < -0.4 is 10.6 Å². The van der Waals surface area contributed by atoms with E-state index in [1.54, 1.807) is 4.68 Å². The van der Waals surface area contributed by atoms with Crippen LogP contribution >= 0.6 is 0 Å². The molecule has 0 saturated carbocycles. The zero-order valence-electron chi connectivity index (χ0n) is 20.7. The second-order valence-corrected chi connectivity index (χ2v) is 9.99. The van der Waals surface area contributed by atoms with Crippen LogP contribution in [0, 0.1) is 18.8 Å². The van der Waals surface area contributed by atoms with Gasteiger partial charge in [-0.1, -0.05) is 31.6 Å². The molecule has 5 atom stereocenters. The quantitative estimate of drug-likeness (QED) is 0.655. The number of likely N-dealkylation sites (tertiary alicyclic amines) is 1. The molecule has 0 radical (unpaired) electrons. The van der Waals surface area contributed by atoms with Crippen molar-refractivity contribution >= 4 is 23.5 Å². The van der Waals surface area contributed by atoms with Crippen LogP contribution in [0.5, 0.6) is 0 Å². The van der Waals surface area contributed by atoms with Crippen LogP contribution in [0.1, 0.15) is 63.6 Å². The van der Waals surface area contributed by atoms with Crippen LogP contribution in [-0.2, 0) is 9.59 Å². The van der Waals surface area contributed by atoms with E-state index < -0.39 is 5.92 Å². The van der Waals surface area contributed by atoms with Gasteiger partial charge in [-0.15, -0.1) is 0 Å². The van der Waals surface area contributed by atoms with E-state index in [1.807, 2.05) is 24.0 Å². The van der Waals surface area contributed by atoms with E-state index in [0.29, 0.717) is 18.4 Å². The maximum atomic E-state index is 13.7. The fourth-order valence-electron chi connectivity index (χ4n) is 5.57. The summed E-state index contributed by atoms with van der Waals surface area (Å²) in [5.41, 5.74) is 3.20. The van der Waals surface area contributed by atoms with Gasteiger partial charge in [-0.05, 0) is 79.3 Å². The predicted molar refractivity (Wildman–Crippen MR) is 131 cm³/mol.